The standard InChI is InChI=1S/C23H25N5O2.C2H4O/c1-24-19-12-14-28(16-19)20-8-4-17(5-9-20)26-23(29)27-18-6-10-21(11-7-18)30-22-3-2-13-25-15-22;1-2-3/h2-11,13,15,19,24H,12,14,16H2,1H3,(H2,26,27,29);2H,1H3. The highest BCUT2D eigenvalue weighted by molar-refractivity contribution is 5.99. The van der Waals surface area contributed by atoms with Crippen LogP contribution in [0.25, 0.3) is 0 Å². The molecule has 1 aromatic heterocycles. The fourth-order valence-electron chi connectivity index (χ4n) is 3.43. The summed E-state index contributed by atoms with van der Waals surface area (Å²) in [5, 5.41) is 9.01. The quantitative estimate of drug-likeness (QED) is 0.481. The number of hydrogen-bond acceptors (Lipinski definition) is 6. The van der Waals surface area contributed by atoms with Crippen LogP contribution in [-0.4, -0.2) is 43.5 Å². The molecule has 3 aromatic rings. The first-order chi connectivity index (χ1) is 16.1. The van der Waals surface area contributed by atoms with E-state index in [9.17, 15) is 4.79 Å². The lowest BCUT2D eigenvalue weighted by molar-refractivity contribution is -0.106. The molecule has 0 spiro atoms. The van der Waals surface area contributed by atoms with Crippen LogP contribution in [0, 0.1) is 0 Å². The zero-order valence-corrected chi connectivity index (χ0v) is 18.8. The second-order valence-electron chi connectivity index (χ2n) is 7.40. The number of ether oxygens (including phenoxy) is 1. The molecule has 1 saturated heterocycles. The number of aromatic nitrogens is 1. The molecule has 1 aliphatic heterocycles. The Morgan fingerprint density at radius 1 is 1.03 bits per heavy atom. The first-order valence-electron chi connectivity index (χ1n) is 10.8. The van der Waals surface area contributed by atoms with E-state index in [1.54, 1.807) is 36.7 Å². The fourth-order valence-corrected chi connectivity index (χ4v) is 3.43. The fraction of sp³-hybridized carbons (Fsp3) is 0.240. The lowest BCUT2D eigenvalue weighted by atomic mass is 10.2. The summed E-state index contributed by atoms with van der Waals surface area (Å²) in [6.07, 6.45) is 5.23. The lowest BCUT2D eigenvalue weighted by Gasteiger charge is -2.19. The lowest BCUT2D eigenvalue weighted by Crippen LogP contribution is -2.29. The predicted octanol–water partition coefficient (Wildman–Crippen LogP) is 4.52. The second-order valence-corrected chi connectivity index (χ2v) is 7.40. The van der Waals surface area contributed by atoms with Gasteiger partial charge in [0.2, 0.25) is 0 Å². The zero-order valence-electron chi connectivity index (χ0n) is 18.8. The zero-order chi connectivity index (χ0) is 23.5. The van der Waals surface area contributed by atoms with Gasteiger partial charge in [0.1, 0.15) is 17.8 Å². The molecule has 172 valence electrons. The van der Waals surface area contributed by atoms with Gasteiger partial charge in [0, 0.05) is 42.4 Å². The minimum atomic E-state index is -0.292. The average Bonchev–Trinajstić information content (AvgIpc) is 3.31. The Hall–Kier alpha value is -3.91. The molecule has 1 fully saturated rings. The Morgan fingerprint density at radius 3 is 2.21 bits per heavy atom. The van der Waals surface area contributed by atoms with Crippen molar-refractivity contribution >= 4 is 29.4 Å². The Morgan fingerprint density at radius 2 is 1.67 bits per heavy atom. The van der Waals surface area contributed by atoms with Gasteiger partial charge in [-0.05, 0) is 81.1 Å². The van der Waals surface area contributed by atoms with Crippen molar-refractivity contribution in [3.63, 3.8) is 0 Å². The van der Waals surface area contributed by atoms with Gasteiger partial charge in [0.25, 0.3) is 0 Å². The van der Waals surface area contributed by atoms with Crippen molar-refractivity contribution < 1.29 is 14.3 Å². The summed E-state index contributed by atoms with van der Waals surface area (Å²) in [5.74, 6) is 1.33. The summed E-state index contributed by atoms with van der Waals surface area (Å²) >= 11 is 0. The van der Waals surface area contributed by atoms with E-state index in [1.165, 1.54) is 12.6 Å². The molecule has 1 atom stereocenters. The molecule has 2 aromatic carbocycles. The van der Waals surface area contributed by atoms with Crippen LogP contribution in [0.3, 0.4) is 0 Å². The van der Waals surface area contributed by atoms with E-state index < -0.39 is 0 Å². The molecule has 0 saturated carbocycles. The summed E-state index contributed by atoms with van der Waals surface area (Å²) in [7, 11) is 2.00. The van der Waals surface area contributed by atoms with Crippen molar-refractivity contribution in [1.82, 2.24) is 10.3 Å². The molecule has 4 rings (SSSR count). The molecule has 2 heterocycles. The first-order valence-corrected chi connectivity index (χ1v) is 10.8. The molecular formula is C25H29N5O3. The summed E-state index contributed by atoms with van der Waals surface area (Å²) < 4.78 is 5.70. The SMILES string of the molecule is CC=O.CNC1CCN(c2ccc(NC(=O)Nc3ccc(Oc4cccnc4)cc3)cc2)C1. The van der Waals surface area contributed by atoms with Crippen molar-refractivity contribution in [1.29, 1.82) is 0 Å². The topological polar surface area (TPSA) is 95.6 Å². The number of carbonyl (C=O) groups is 2. The van der Waals surface area contributed by atoms with Gasteiger partial charge in [-0.3, -0.25) is 4.98 Å². The van der Waals surface area contributed by atoms with E-state index in [0.29, 0.717) is 23.2 Å². The van der Waals surface area contributed by atoms with Crippen LogP contribution >= 0.6 is 0 Å². The van der Waals surface area contributed by atoms with Crippen LogP contribution in [0.2, 0.25) is 0 Å². The molecule has 1 aliphatic rings. The minimum absolute atomic E-state index is 0.292. The van der Waals surface area contributed by atoms with Crippen LogP contribution in [0.4, 0.5) is 21.9 Å². The molecule has 8 nitrogen and oxygen atoms in total. The van der Waals surface area contributed by atoms with Gasteiger partial charge < -0.3 is 30.4 Å². The van der Waals surface area contributed by atoms with Crippen LogP contribution in [0.15, 0.2) is 73.1 Å². The third-order valence-electron chi connectivity index (χ3n) is 5.07. The van der Waals surface area contributed by atoms with Crippen molar-refractivity contribution in [2.45, 2.75) is 19.4 Å². The maximum atomic E-state index is 12.3. The number of hydrogen-bond donors (Lipinski definition) is 3. The number of likely N-dealkylation sites (N-methyl/N-ethyl adjacent to an activating group) is 1. The summed E-state index contributed by atoms with van der Waals surface area (Å²) in [4.78, 5) is 27.5. The Kier molecular flexibility index (Phi) is 8.79. The van der Waals surface area contributed by atoms with Crippen LogP contribution in [0.5, 0.6) is 11.5 Å². The van der Waals surface area contributed by atoms with Gasteiger partial charge in [0.05, 0.1) is 6.20 Å². The van der Waals surface area contributed by atoms with Gasteiger partial charge in [-0.1, -0.05) is 0 Å². The molecule has 0 bridgehead atoms. The number of carbonyl (C=O) groups excluding carboxylic acids is 2. The van der Waals surface area contributed by atoms with E-state index in [2.05, 4.69) is 25.8 Å². The molecule has 33 heavy (non-hydrogen) atoms. The van der Waals surface area contributed by atoms with Gasteiger partial charge in [-0.15, -0.1) is 0 Å². The Labute approximate surface area is 194 Å². The molecule has 0 aliphatic carbocycles. The van der Waals surface area contributed by atoms with E-state index in [-0.39, 0.29) is 6.03 Å². The summed E-state index contributed by atoms with van der Waals surface area (Å²) in [6.45, 7) is 3.49. The van der Waals surface area contributed by atoms with Crippen molar-refractivity contribution in [2.75, 3.05) is 35.7 Å². The molecular weight excluding hydrogens is 418 g/mol. The van der Waals surface area contributed by atoms with Gasteiger partial charge in [0.15, 0.2) is 0 Å². The third-order valence-corrected chi connectivity index (χ3v) is 5.07. The maximum absolute atomic E-state index is 12.3. The van der Waals surface area contributed by atoms with E-state index in [0.717, 1.165) is 31.5 Å². The van der Waals surface area contributed by atoms with Gasteiger partial charge >= 0.3 is 6.03 Å². The summed E-state index contributed by atoms with van der Waals surface area (Å²) in [6, 6.07) is 19.0. The smallest absolute Gasteiger partial charge is 0.323 e. The number of amides is 2. The highest BCUT2D eigenvalue weighted by atomic mass is 16.5. The Balaban J connectivity index is 0.000000968. The molecule has 8 heteroatoms. The number of anilines is 3. The number of urea groups is 1. The molecule has 3 N–H and O–H groups in total. The minimum Gasteiger partial charge on any atom is -0.456 e. The number of pyridine rings is 1. The number of rotatable bonds is 6. The second kappa shape index (κ2) is 12.2. The highest BCUT2D eigenvalue weighted by Gasteiger charge is 2.20. The summed E-state index contributed by atoms with van der Waals surface area (Å²) in [5.41, 5.74) is 2.60. The van der Waals surface area contributed by atoms with E-state index in [1.807, 2.05) is 43.4 Å². The van der Waals surface area contributed by atoms with Gasteiger partial charge in [-0.25, -0.2) is 4.79 Å². The molecule has 1 unspecified atom stereocenters. The molecule has 2 amide bonds. The van der Waals surface area contributed by atoms with E-state index >= 15 is 0 Å². The van der Waals surface area contributed by atoms with E-state index in [4.69, 9.17) is 9.53 Å². The van der Waals surface area contributed by atoms with Crippen LogP contribution < -0.4 is 25.6 Å². The largest absolute Gasteiger partial charge is 0.456 e. The van der Waals surface area contributed by atoms with Crippen molar-refractivity contribution in [3.8, 4) is 11.5 Å². The molecule has 0 radical (unpaired) electrons. The van der Waals surface area contributed by atoms with Crippen molar-refractivity contribution in [2.24, 2.45) is 0 Å². The monoisotopic (exact) mass is 447 g/mol. The van der Waals surface area contributed by atoms with Crippen LogP contribution in [-0.2, 0) is 4.79 Å². The number of benzene rings is 2. The maximum Gasteiger partial charge on any atom is 0.323 e. The number of nitrogens with one attached hydrogen (secondary N) is 3. The predicted molar refractivity (Wildman–Crippen MR) is 131 cm³/mol. The van der Waals surface area contributed by atoms with Crippen molar-refractivity contribution in [3.05, 3.63) is 73.1 Å². The third kappa shape index (κ3) is 7.33. The first kappa shape index (κ1) is 23.7. The van der Waals surface area contributed by atoms with Gasteiger partial charge in [-0.2, -0.15) is 0 Å². The average molecular weight is 448 g/mol. The van der Waals surface area contributed by atoms with Crippen LogP contribution in [0.1, 0.15) is 13.3 Å². The number of aldehydes is 1. The highest BCUT2D eigenvalue weighted by Crippen LogP contribution is 2.24. The Bertz CT molecular complexity index is 1010. The normalized spacial score (nSPS) is 14.6. The number of nitrogens with zero attached hydrogens (tertiary/aromatic N) is 2.